The van der Waals surface area contributed by atoms with Crippen LogP contribution in [0.2, 0.25) is 0 Å². The molecule has 0 aromatic carbocycles. The normalized spacial score (nSPS) is 12.6. The van der Waals surface area contributed by atoms with Gasteiger partial charge in [0.1, 0.15) is 6.10 Å². The number of hydrogen-bond donors (Lipinski definition) is 1. The summed E-state index contributed by atoms with van der Waals surface area (Å²) in [6.07, 6.45) is 3.62. The van der Waals surface area contributed by atoms with Gasteiger partial charge in [-0.3, -0.25) is 0 Å². The SMILES string of the molecule is CCOC(C)c1ncc(CNCCOC)cn1. The first-order chi connectivity index (χ1) is 8.27. The molecule has 0 aliphatic carbocycles. The van der Waals surface area contributed by atoms with Gasteiger partial charge in [0.05, 0.1) is 6.61 Å². The van der Waals surface area contributed by atoms with E-state index in [2.05, 4.69) is 15.3 Å². The highest BCUT2D eigenvalue weighted by atomic mass is 16.5. The van der Waals surface area contributed by atoms with E-state index in [1.54, 1.807) is 7.11 Å². The summed E-state index contributed by atoms with van der Waals surface area (Å²) >= 11 is 0. The first-order valence-electron chi connectivity index (χ1n) is 5.90. The topological polar surface area (TPSA) is 56.3 Å². The lowest BCUT2D eigenvalue weighted by atomic mass is 10.3. The van der Waals surface area contributed by atoms with Gasteiger partial charge in [-0.1, -0.05) is 0 Å². The third-order valence-electron chi connectivity index (χ3n) is 2.32. The molecule has 96 valence electrons. The van der Waals surface area contributed by atoms with Gasteiger partial charge in [0.2, 0.25) is 0 Å². The Kier molecular flexibility index (Phi) is 6.69. The Morgan fingerprint density at radius 1 is 1.35 bits per heavy atom. The van der Waals surface area contributed by atoms with Crippen molar-refractivity contribution in [1.82, 2.24) is 15.3 Å². The fourth-order valence-electron chi connectivity index (χ4n) is 1.40. The number of rotatable bonds is 8. The molecule has 1 heterocycles. The summed E-state index contributed by atoms with van der Waals surface area (Å²) in [4.78, 5) is 8.58. The zero-order valence-electron chi connectivity index (χ0n) is 10.8. The summed E-state index contributed by atoms with van der Waals surface area (Å²) in [6, 6.07) is 0. The van der Waals surface area contributed by atoms with Crippen molar-refractivity contribution >= 4 is 0 Å². The maximum absolute atomic E-state index is 5.42. The summed E-state index contributed by atoms with van der Waals surface area (Å²) in [7, 11) is 1.69. The first kappa shape index (κ1) is 14.0. The maximum Gasteiger partial charge on any atom is 0.156 e. The molecule has 1 unspecified atom stereocenters. The monoisotopic (exact) mass is 239 g/mol. The van der Waals surface area contributed by atoms with Crippen LogP contribution in [-0.4, -0.2) is 36.8 Å². The van der Waals surface area contributed by atoms with E-state index in [0.29, 0.717) is 13.2 Å². The van der Waals surface area contributed by atoms with Gasteiger partial charge in [0.25, 0.3) is 0 Å². The second-order valence-electron chi connectivity index (χ2n) is 3.72. The largest absolute Gasteiger partial charge is 0.383 e. The minimum absolute atomic E-state index is 0.0458. The van der Waals surface area contributed by atoms with Crippen LogP contribution in [0.5, 0.6) is 0 Å². The molecule has 0 spiro atoms. The number of nitrogens with one attached hydrogen (secondary N) is 1. The van der Waals surface area contributed by atoms with Gasteiger partial charge in [-0.2, -0.15) is 0 Å². The molecule has 0 amide bonds. The van der Waals surface area contributed by atoms with Crippen molar-refractivity contribution in [2.45, 2.75) is 26.5 Å². The molecule has 0 saturated carbocycles. The lowest BCUT2D eigenvalue weighted by Gasteiger charge is -2.10. The van der Waals surface area contributed by atoms with E-state index >= 15 is 0 Å². The molecule has 5 nitrogen and oxygen atoms in total. The van der Waals surface area contributed by atoms with Crippen LogP contribution in [0.4, 0.5) is 0 Å². The predicted octanol–water partition coefficient (Wildman–Crippen LogP) is 1.31. The molecule has 5 heteroatoms. The molecule has 1 N–H and O–H groups in total. The van der Waals surface area contributed by atoms with E-state index in [9.17, 15) is 0 Å². The van der Waals surface area contributed by atoms with Gasteiger partial charge in [-0.05, 0) is 13.8 Å². The maximum atomic E-state index is 5.42. The third-order valence-corrected chi connectivity index (χ3v) is 2.32. The highest BCUT2D eigenvalue weighted by molar-refractivity contribution is 5.05. The van der Waals surface area contributed by atoms with Crippen molar-refractivity contribution in [2.24, 2.45) is 0 Å². The number of ether oxygens (including phenoxy) is 2. The van der Waals surface area contributed by atoms with Gasteiger partial charge in [-0.15, -0.1) is 0 Å². The number of hydrogen-bond acceptors (Lipinski definition) is 5. The fraction of sp³-hybridized carbons (Fsp3) is 0.667. The van der Waals surface area contributed by atoms with Crippen molar-refractivity contribution in [3.8, 4) is 0 Å². The quantitative estimate of drug-likeness (QED) is 0.693. The van der Waals surface area contributed by atoms with E-state index in [-0.39, 0.29) is 6.10 Å². The minimum Gasteiger partial charge on any atom is -0.383 e. The highest BCUT2D eigenvalue weighted by Crippen LogP contribution is 2.10. The van der Waals surface area contributed by atoms with Crippen molar-refractivity contribution in [3.63, 3.8) is 0 Å². The van der Waals surface area contributed by atoms with Crippen LogP contribution in [0.3, 0.4) is 0 Å². The Morgan fingerprint density at radius 2 is 2.06 bits per heavy atom. The average molecular weight is 239 g/mol. The first-order valence-corrected chi connectivity index (χ1v) is 5.90. The molecule has 0 bridgehead atoms. The van der Waals surface area contributed by atoms with Gasteiger partial charge < -0.3 is 14.8 Å². The van der Waals surface area contributed by atoms with Gasteiger partial charge in [0.15, 0.2) is 5.82 Å². The van der Waals surface area contributed by atoms with Crippen LogP contribution in [-0.2, 0) is 16.0 Å². The molecule has 17 heavy (non-hydrogen) atoms. The van der Waals surface area contributed by atoms with E-state index in [1.807, 2.05) is 26.2 Å². The Hall–Kier alpha value is -1.04. The molecule has 0 aliphatic rings. The molecule has 0 radical (unpaired) electrons. The lowest BCUT2D eigenvalue weighted by Crippen LogP contribution is -2.19. The molecule has 0 saturated heterocycles. The van der Waals surface area contributed by atoms with Crippen LogP contribution in [0, 0.1) is 0 Å². The second kappa shape index (κ2) is 8.11. The van der Waals surface area contributed by atoms with Gasteiger partial charge in [-0.25, -0.2) is 9.97 Å². The van der Waals surface area contributed by atoms with Gasteiger partial charge in [0, 0.05) is 44.8 Å². The molecule has 0 aliphatic heterocycles. The number of nitrogens with zero attached hydrogens (tertiary/aromatic N) is 2. The molecule has 0 fully saturated rings. The molecular weight excluding hydrogens is 218 g/mol. The standard InChI is InChI=1S/C12H21N3O2/c1-4-17-10(2)12-14-8-11(9-15-12)7-13-5-6-16-3/h8-10,13H,4-7H2,1-3H3. The van der Waals surface area contributed by atoms with Gasteiger partial charge >= 0.3 is 0 Å². The minimum atomic E-state index is -0.0458. The summed E-state index contributed by atoms with van der Waals surface area (Å²) in [6.45, 7) is 6.88. The summed E-state index contributed by atoms with van der Waals surface area (Å²) in [5.41, 5.74) is 1.06. The molecule has 1 rings (SSSR count). The molecule has 1 aromatic rings. The molecule has 1 aromatic heterocycles. The smallest absolute Gasteiger partial charge is 0.156 e. The Labute approximate surface area is 103 Å². The molecular formula is C12H21N3O2. The van der Waals surface area contributed by atoms with Crippen molar-refractivity contribution in [2.75, 3.05) is 26.9 Å². The van der Waals surface area contributed by atoms with E-state index < -0.39 is 0 Å². The summed E-state index contributed by atoms with van der Waals surface area (Å²) in [5, 5.41) is 3.24. The van der Waals surface area contributed by atoms with E-state index in [1.165, 1.54) is 0 Å². The van der Waals surface area contributed by atoms with Crippen molar-refractivity contribution in [1.29, 1.82) is 0 Å². The Morgan fingerprint density at radius 3 is 2.65 bits per heavy atom. The van der Waals surface area contributed by atoms with Crippen molar-refractivity contribution < 1.29 is 9.47 Å². The van der Waals surface area contributed by atoms with Crippen LogP contribution in [0.15, 0.2) is 12.4 Å². The Bertz CT molecular complexity index is 303. The number of aromatic nitrogens is 2. The van der Waals surface area contributed by atoms with Crippen LogP contribution in [0.25, 0.3) is 0 Å². The fourth-order valence-corrected chi connectivity index (χ4v) is 1.40. The highest BCUT2D eigenvalue weighted by Gasteiger charge is 2.07. The second-order valence-corrected chi connectivity index (χ2v) is 3.72. The van der Waals surface area contributed by atoms with E-state index in [0.717, 1.165) is 24.5 Å². The average Bonchev–Trinajstić information content (AvgIpc) is 2.36. The van der Waals surface area contributed by atoms with Crippen molar-refractivity contribution in [3.05, 3.63) is 23.8 Å². The van der Waals surface area contributed by atoms with E-state index in [4.69, 9.17) is 9.47 Å². The summed E-state index contributed by atoms with van der Waals surface area (Å²) < 4.78 is 10.4. The zero-order valence-corrected chi connectivity index (χ0v) is 10.8. The van der Waals surface area contributed by atoms with Crippen LogP contribution in [0.1, 0.15) is 31.3 Å². The van der Waals surface area contributed by atoms with Crippen LogP contribution < -0.4 is 5.32 Å². The third kappa shape index (κ3) is 5.21. The molecule has 1 atom stereocenters. The zero-order chi connectivity index (χ0) is 12.5. The Balaban J connectivity index is 2.39. The summed E-state index contributed by atoms with van der Waals surface area (Å²) in [5.74, 6) is 0.729. The van der Waals surface area contributed by atoms with Crippen LogP contribution >= 0.6 is 0 Å². The predicted molar refractivity (Wildman–Crippen MR) is 65.7 cm³/mol. The lowest BCUT2D eigenvalue weighted by molar-refractivity contribution is 0.0700. The number of methoxy groups -OCH3 is 1.